The fourth-order valence-electron chi connectivity index (χ4n) is 3.58. The van der Waals surface area contributed by atoms with Crippen LogP contribution in [0.4, 0.5) is 5.69 Å². The number of amides is 1. The molecule has 6 nitrogen and oxygen atoms in total. The summed E-state index contributed by atoms with van der Waals surface area (Å²) in [6.07, 6.45) is 1.58. The molecular formula is C21H20ClN3O3. The Balaban J connectivity index is 1.48. The van der Waals surface area contributed by atoms with Gasteiger partial charge in [-0.2, -0.15) is 0 Å². The maximum Gasteiger partial charge on any atom is 0.295 e. The summed E-state index contributed by atoms with van der Waals surface area (Å²) in [7, 11) is 1.64. The largest absolute Gasteiger partial charge is 0.495 e. The van der Waals surface area contributed by atoms with Crippen LogP contribution >= 0.6 is 11.6 Å². The van der Waals surface area contributed by atoms with Crippen molar-refractivity contribution in [3.8, 4) is 5.75 Å². The van der Waals surface area contributed by atoms with Crippen molar-refractivity contribution in [1.82, 2.24) is 9.88 Å². The molecule has 1 aliphatic heterocycles. The number of methoxy groups -OCH3 is 1. The van der Waals surface area contributed by atoms with Gasteiger partial charge in [-0.25, -0.2) is 0 Å². The third-order valence-corrected chi connectivity index (χ3v) is 5.31. The number of H-pyrrole nitrogens is 1. The van der Waals surface area contributed by atoms with Crippen LogP contribution in [-0.4, -0.2) is 54.9 Å². The Labute approximate surface area is 167 Å². The minimum Gasteiger partial charge on any atom is -0.495 e. The van der Waals surface area contributed by atoms with Crippen LogP contribution < -0.4 is 9.64 Å². The molecule has 7 heteroatoms. The van der Waals surface area contributed by atoms with Crippen molar-refractivity contribution in [2.45, 2.75) is 0 Å². The fraction of sp³-hybridized carbons (Fsp3) is 0.238. The number of rotatable bonds is 4. The van der Waals surface area contributed by atoms with E-state index in [2.05, 4.69) is 9.88 Å². The van der Waals surface area contributed by atoms with E-state index >= 15 is 0 Å². The number of nitrogens with one attached hydrogen (secondary N) is 1. The summed E-state index contributed by atoms with van der Waals surface area (Å²) < 4.78 is 5.42. The topological polar surface area (TPSA) is 65.6 Å². The third-order valence-electron chi connectivity index (χ3n) is 5.08. The summed E-state index contributed by atoms with van der Waals surface area (Å²) in [5, 5.41) is 1.19. The lowest BCUT2D eigenvalue weighted by molar-refractivity contribution is -0.126. The number of anilines is 1. The summed E-state index contributed by atoms with van der Waals surface area (Å²) >= 11 is 6.04. The number of fused-ring (bicyclic) bond motifs is 1. The first-order valence-corrected chi connectivity index (χ1v) is 9.44. The highest BCUT2D eigenvalue weighted by atomic mass is 35.5. The molecule has 2 aromatic carbocycles. The number of piperazine rings is 1. The molecule has 0 atom stereocenters. The molecule has 2 heterocycles. The van der Waals surface area contributed by atoms with Gasteiger partial charge in [0.2, 0.25) is 0 Å². The van der Waals surface area contributed by atoms with Gasteiger partial charge in [-0.3, -0.25) is 9.59 Å². The van der Waals surface area contributed by atoms with Gasteiger partial charge in [-0.15, -0.1) is 0 Å². The van der Waals surface area contributed by atoms with Crippen LogP contribution in [0.15, 0.2) is 48.7 Å². The Morgan fingerprint density at radius 2 is 1.82 bits per heavy atom. The second-order valence-corrected chi connectivity index (χ2v) is 7.11. The van der Waals surface area contributed by atoms with E-state index in [1.165, 1.54) is 0 Å². The van der Waals surface area contributed by atoms with Crippen LogP contribution in [-0.2, 0) is 4.79 Å². The molecule has 1 aliphatic rings. The van der Waals surface area contributed by atoms with E-state index in [9.17, 15) is 9.59 Å². The maximum atomic E-state index is 12.8. The van der Waals surface area contributed by atoms with Crippen LogP contribution in [0.1, 0.15) is 10.4 Å². The number of nitrogens with zero attached hydrogens (tertiary/aromatic N) is 2. The highest BCUT2D eigenvalue weighted by Crippen LogP contribution is 2.28. The van der Waals surface area contributed by atoms with Crippen LogP contribution in [0.2, 0.25) is 5.02 Å². The summed E-state index contributed by atoms with van der Waals surface area (Å²) in [6, 6.07) is 13.0. The lowest BCUT2D eigenvalue weighted by Gasteiger charge is -2.36. The molecule has 1 saturated heterocycles. The predicted octanol–water partition coefficient (Wildman–Crippen LogP) is 3.36. The second-order valence-electron chi connectivity index (χ2n) is 6.67. The molecule has 0 aliphatic carbocycles. The number of benzene rings is 2. The summed E-state index contributed by atoms with van der Waals surface area (Å²) in [5.41, 5.74) is 2.13. The number of carbonyl (C=O) groups is 2. The van der Waals surface area contributed by atoms with Gasteiger partial charge >= 0.3 is 0 Å². The highest BCUT2D eigenvalue weighted by molar-refractivity contribution is 6.45. The molecule has 0 bridgehead atoms. The summed E-state index contributed by atoms with van der Waals surface area (Å²) in [5.74, 6) is -0.200. The Kier molecular flexibility index (Phi) is 4.96. The SMILES string of the molecule is COc1ccccc1N1CCN(C(=O)C(=O)c2c[nH]c3ccc(Cl)cc23)CC1. The molecule has 3 aromatic rings. The molecule has 28 heavy (non-hydrogen) atoms. The number of hydrogen-bond donors (Lipinski definition) is 1. The van der Waals surface area contributed by atoms with Crippen molar-refractivity contribution < 1.29 is 14.3 Å². The first-order valence-electron chi connectivity index (χ1n) is 9.06. The number of aromatic amines is 1. The quantitative estimate of drug-likeness (QED) is 0.541. The standard InChI is InChI=1S/C21H20ClN3O3/c1-28-19-5-3-2-4-18(19)24-8-10-25(11-9-24)21(27)20(26)16-13-23-17-7-6-14(22)12-15(16)17/h2-7,12-13,23H,8-11H2,1H3. The minimum absolute atomic E-state index is 0.356. The number of ether oxygens (including phenoxy) is 1. The third kappa shape index (κ3) is 3.31. The van der Waals surface area contributed by atoms with E-state index < -0.39 is 11.7 Å². The predicted molar refractivity (Wildman–Crippen MR) is 109 cm³/mol. The molecule has 0 radical (unpaired) electrons. The zero-order valence-corrected chi connectivity index (χ0v) is 16.2. The van der Waals surface area contributed by atoms with Gasteiger partial charge in [0.1, 0.15) is 5.75 Å². The summed E-state index contributed by atoms with van der Waals surface area (Å²) in [4.78, 5) is 32.4. The van der Waals surface area contributed by atoms with E-state index in [-0.39, 0.29) is 0 Å². The van der Waals surface area contributed by atoms with Crippen LogP contribution in [0.25, 0.3) is 10.9 Å². The van der Waals surface area contributed by atoms with Crippen molar-refractivity contribution >= 4 is 39.9 Å². The Hall–Kier alpha value is -2.99. The fourth-order valence-corrected chi connectivity index (χ4v) is 3.75. The average Bonchev–Trinajstić information content (AvgIpc) is 3.15. The van der Waals surface area contributed by atoms with E-state index in [1.54, 1.807) is 36.4 Å². The Bertz CT molecular complexity index is 1040. The summed E-state index contributed by atoms with van der Waals surface area (Å²) in [6.45, 7) is 2.23. The van der Waals surface area contributed by atoms with Crippen molar-refractivity contribution in [2.75, 3.05) is 38.2 Å². The number of aromatic nitrogens is 1. The number of hydrogen-bond acceptors (Lipinski definition) is 4. The highest BCUT2D eigenvalue weighted by Gasteiger charge is 2.29. The zero-order chi connectivity index (χ0) is 19.7. The Morgan fingerprint density at radius 3 is 2.57 bits per heavy atom. The van der Waals surface area contributed by atoms with E-state index in [1.807, 2.05) is 24.3 Å². The van der Waals surface area contributed by atoms with Gasteiger partial charge in [-0.1, -0.05) is 23.7 Å². The molecule has 0 unspecified atom stereocenters. The van der Waals surface area contributed by atoms with Crippen molar-refractivity contribution in [1.29, 1.82) is 0 Å². The van der Waals surface area contributed by atoms with Gasteiger partial charge < -0.3 is 19.5 Å². The zero-order valence-electron chi connectivity index (χ0n) is 15.4. The van der Waals surface area contributed by atoms with Gasteiger partial charge in [0, 0.05) is 48.3 Å². The van der Waals surface area contributed by atoms with Crippen LogP contribution in [0.5, 0.6) is 5.75 Å². The first kappa shape index (κ1) is 18.4. The lowest BCUT2D eigenvalue weighted by Crippen LogP contribution is -2.50. The minimum atomic E-state index is -0.515. The first-order chi connectivity index (χ1) is 13.6. The van der Waals surface area contributed by atoms with E-state index in [0.717, 1.165) is 17.0 Å². The molecule has 1 aromatic heterocycles. The van der Waals surface area contributed by atoms with Crippen molar-refractivity contribution in [3.05, 3.63) is 59.2 Å². The van der Waals surface area contributed by atoms with Crippen LogP contribution in [0.3, 0.4) is 0 Å². The number of Topliss-reactive ketones (excluding diaryl/α,β-unsaturated/α-hetero) is 1. The number of ketones is 1. The second kappa shape index (κ2) is 7.56. The number of halogens is 1. The molecule has 144 valence electrons. The molecule has 4 rings (SSSR count). The van der Waals surface area contributed by atoms with Gasteiger partial charge in [0.05, 0.1) is 18.4 Å². The monoisotopic (exact) mass is 397 g/mol. The van der Waals surface area contributed by atoms with Crippen molar-refractivity contribution in [2.24, 2.45) is 0 Å². The maximum absolute atomic E-state index is 12.8. The molecule has 1 fully saturated rings. The molecule has 1 N–H and O–H groups in total. The Morgan fingerprint density at radius 1 is 1.07 bits per heavy atom. The average molecular weight is 398 g/mol. The van der Waals surface area contributed by atoms with Crippen LogP contribution in [0, 0.1) is 0 Å². The van der Waals surface area contributed by atoms with E-state index in [4.69, 9.17) is 16.3 Å². The number of carbonyl (C=O) groups excluding carboxylic acids is 2. The molecular weight excluding hydrogens is 378 g/mol. The number of para-hydroxylation sites is 2. The molecule has 0 saturated carbocycles. The van der Waals surface area contributed by atoms with E-state index in [0.29, 0.717) is 42.2 Å². The molecule has 1 amide bonds. The smallest absolute Gasteiger partial charge is 0.295 e. The van der Waals surface area contributed by atoms with Gasteiger partial charge in [0.25, 0.3) is 11.7 Å². The van der Waals surface area contributed by atoms with Gasteiger partial charge in [-0.05, 0) is 30.3 Å². The normalized spacial score (nSPS) is 14.4. The molecule has 0 spiro atoms. The van der Waals surface area contributed by atoms with Crippen molar-refractivity contribution in [3.63, 3.8) is 0 Å². The lowest BCUT2D eigenvalue weighted by atomic mass is 10.1. The van der Waals surface area contributed by atoms with Gasteiger partial charge in [0.15, 0.2) is 0 Å².